The average molecular weight is 259 g/mol. The predicted octanol–water partition coefficient (Wildman–Crippen LogP) is 3.84. The van der Waals surface area contributed by atoms with Crippen LogP contribution in [-0.2, 0) is 6.42 Å². The van der Waals surface area contributed by atoms with Gasteiger partial charge in [-0.3, -0.25) is 0 Å². The fourth-order valence-corrected chi connectivity index (χ4v) is 2.59. The van der Waals surface area contributed by atoms with Crippen LogP contribution in [0.25, 0.3) is 11.3 Å². The third-order valence-corrected chi connectivity index (χ3v) is 3.52. The summed E-state index contributed by atoms with van der Waals surface area (Å²) in [6.07, 6.45) is 0.798. The van der Waals surface area contributed by atoms with Gasteiger partial charge in [0, 0.05) is 17.0 Å². The topological polar surface area (TPSA) is 39.6 Å². The number of hydrogen-bond donors (Lipinski definition) is 1. The summed E-state index contributed by atoms with van der Waals surface area (Å²) in [4.78, 5) is 3.13. The first kappa shape index (κ1) is 10.5. The minimum Gasteiger partial charge on any atom is -0.345 e. The van der Waals surface area contributed by atoms with Crippen molar-refractivity contribution >= 4 is 23.8 Å². The number of H-pyrrole nitrogens is 1. The summed E-state index contributed by atoms with van der Waals surface area (Å²) >= 11 is 11.1. The molecule has 1 aromatic carbocycles. The summed E-state index contributed by atoms with van der Waals surface area (Å²) in [7, 11) is 0. The van der Waals surface area contributed by atoms with Crippen LogP contribution in [0.4, 0.5) is 0 Å². The van der Waals surface area contributed by atoms with Gasteiger partial charge in [0.25, 0.3) is 0 Å². The molecule has 82 valence electrons. The Morgan fingerprint density at radius 3 is 2.88 bits per heavy atom. The first-order chi connectivity index (χ1) is 8.19. The predicted molar refractivity (Wildman–Crippen MR) is 69.6 cm³/mol. The van der Waals surface area contributed by atoms with Crippen molar-refractivity contribution in [2.75, 3.05) is 0 Å². The van der Waals surface area contributed by atoms with Crippen LogP contribution in [-0.4, -0.2) is 4.98 Å². The van der Waals surface area contributed by atoms with Crippen LogP contribution >= 0.6 is 23.8 Å². The molecule has 17 heavy (non-hydrogen) atoms. The second-order valence-electron chi connectivity index (χ2n) is 4.00. The summed E-state index contributed by atoms with van der Waals surface area (Å²) in [5.74, 6) is 0. The molecule has 0 unspecified atom stereocenters. The lowest BCUT2D eigenvalue weighted by molar-refractivity contribution is 1.20. The molecule has 2 nitrogen and oxygen atoms in total. The number of nitrogens with one attached hydrogen (secondary N) is 1. The highest BCUT2D eigenvalue weighted by molar-refractivity contribution is 7.71. The van der Waals surface area contributed by atoms with E-state index in [1.807, 2.05) is 24.3 Å². The molecule has 1 aliphatic rings. The molecule has 1 aliphatic carbocycles. The van der Waals surface area contributed by atoms with E-state index in [2.05, 4.69) is 11.1 Å². The number of rotatable bonds is 0. The fraction of sp³-hybridized carbons (Fsp3) is 0.0769. The monoisotopic (exact) mass is 258 g/mol. The Balaban J connectivity index is 2.28. The van der Waals surface area contributed by atoms with Crippen molar-refractivity contribution in [1.29, 1.82) is 5.26 Å². The number of halogens is 1. The number of aromatic amines is 1. The molecule has 0 bridgehead atoms. The second kappa shape index (κ2) is 3.69. The van der Waals surface area contributed by atoms with E-state index in [0.29, 0.717) is 10.2 Å². The van der Waals surface area contributed by atoms with Gasteiger partial charge in [-0.1, -0.05) is 29.9 Å². The van der Waals surface area contributed by atoms with Crippen molar-refractivity contribution in [3.05, 3.63) is 50.6 Å². The fourth-order valence-electron chi connectivity index (χ4n) is 2.19. The highest BCUT2D eigenvalue weighted by atomic mass is 35.5. The molecule has 2 aromatic rings. The maximum atomic E-state index is 8.95. The Bertz CT molecular complexity index is 725. The van der Waals surface area contributed by atoms with Crippen molar-refractivity contribution < 1.29 is 0 Å². The van der Waals surface area contributed by atoms with Gasteiger partial charge in [0.05, 0.1) is 11.3 Å². The van der Waals surface area contributed by atoms with Gasteiger partial charge < -0.3 is 4.98 Å². The Kier molecular flexibility index (Phi) is 2.29. The lowest BCUT2D eigenvalue weighted by Crippen LogP contribution is -1.89. The van der Waals surface area contributed by atoms with Crippen LogP contribution in [0.1, 0.15) is 16.7 Å². The third-order valence-electron chi connectivity index (χ3n) is 2.96. The van der Waals surface area contributed by atoms with E-state index in [4.69, 9.17) is 29.1 Å². The Morgan fingerprint density at radius 2 is 2.12 bits per heavy atom. The molecule has 4 heteroatoms. The second-order valence-corrected chi connectivity index (χ2v) is 4.85. The highest BCUT2D eigenvalue weighted by Gasteiger charge is 2.20. The van der Waals surface area contributed by atoms with Crippen molar-refractivity contribution in [2.45, 2.75) is 6.42 Å². The molecule has 0 aliphatic heterocycles. The van der Waals surface area contributed by atoms with E-state index in [0.717, 1.165) is 28.3 Å². The zero-order valence-electron chi connectivity index (χ0n) is 8.75. The van der Waals surface area contributed by atoms with Gasteiger partial charge in [0.15, 0.2) is 0 Å². The first-order valence-electron chi connectivity index (χ1n) is 5.14. The van der Waals surface area contributed by atoms with Crippen LogP contribution in [0.15, 0.2) is 24.3 Å². The molecular formula is C13H7ClN2S. The lowest BCUT2D eigenvalue weighted by Gasteiger charge is -2.02. The summed E-state index contributed by atoms with van der Waals surface area (Å²) in [5.41, 5.74) is 4.94. The number of pyridine rings is 1. The normalized spacial score (nSPS) is 11.8. The summed E-state index contributed by atoms with van der Waals surface area (Å²) in [6.45, 7) is 0. The standard InChI is InChI=1S/C13H7ClN2S/c14-10-1-2-11-7(5-10)3-8-4-9(6-15)13(17)16-12(8)11/h1-2,4-5H,3H2,(H,16,17). The highest BCUT2D eigenvalue weighted by Crippen LogP contribution is 2.36. The van der Waals surface area contributed by atoms with E-state index < -0.39 is 0 Å². The molecule has 0 saturated heterocycles. The molecule has 0 spiro atoms. The van der Waals surface area contributed by atoms with Crippen molar-refractivity contribution in [1.82, 2.24) is 4.98 Å². The van der Waals surface area contributed by atoms with Crippen LogP contribution in [0.2, 0.25) is 5.02 Å². The lowest BCUT2D eigenvalue weighted by atomic mass is 10.1. The number of fused-ring (bicyclic) bond motifs is 3. The zero-order valence-corrected chi connectivity index (χ0v) is 10.3. The molecule has 1 aromatic heterocycles. The van der Waals surface area contributed by atoms with E-state index in [1.54, 1.807) is 0 Å². The number of nitrogens with zero attached hydrogens (tertiary/aromatic N) is 1. The van der Waals surface area contributed by atoms with Gasteiger partial charge in [-0.2, -0.15) is 5.26 Å². The van der Waals surface area contributed by atoms with Gasteiger partial charge >= 0.3 is 0 Å². The van der Waals surface area contributed by atoms with Gasteiger partial charge in [0.1, 0.15) is 10.7 Å². The maximum Gasteiger partial charge on any atom is 0.121 e. The van der Waals surface area contributed by atoms with Gasteiger partial charge in [-0.15, -0.1) is 0 Å². The molecular weight excluding hydrogens is 252 g/mol. The van der Waals surface area contributed by atoms with E-state index >= 15 is 0 Å². The minimum atomic E-state index is 0.494. The molecule has 0 amide bonds. The number of benzene rings is 1. The largest absolute Gasteiger partial charge is 0.345 e. The molecule has 1 heterocycles. The van der Waals surface area contributed by atoms with Gasteiger partial charge in [-0.05, 0) is 29.3 Å². The van der Waals surface area contributed by atoms with E-state index in [-0.39, 0.29) is 0 Å². The van der Waals surface area contributed by atoms with Gasteiger partial charge in [0.2, 0.25) is 0 Å². The Morgan fingerprint density at radius 1 is 1.29 bits per heavy atom. The average Bonchev–Trinajstić information content (AvgIpc) is 2.64. The zero-order chi connectivity index (χ0) is 12.0. The first-order valence-corrected chi connectivity index (χ1v) is 5.93. The summed E-state index contributed by atoms with van der Waals surface area (Å²) in [5, 5.41) is 9.69. The van der Waals surface area contributed by atoms with Crippen LogP contribution < -0.4 is 0 Å². The van der Waals surface area contributed by atoms with Crippen molar-refractivity contribution in [3.8, 4) is 17.3 Å². The quantitative estimate of drug-likeness (QED) is 0.622. The Labute approximate surface area is 108 Å². The van der Waals surface area contributed by atoms with E-state index in [9.17, 15) is 0 Å². The SMILES string of the molecule is N#Cc1cc2c([nH]c1=S)-c1ccc(Cl)cc1C2. The molecule has 1 N–H and O–H groups in total. The maximum absolute atomic E-state index is 8.95. The number of nitriles is 1. The Hall–Kier alpha value is -1.63. The number of aromatic nitrogens is 1. The molecule has 0 atom stereocenters. The summed E-state index contributed by atoms with van der Waals surface area (Å²) < 4.78 is 0.494. The number of hydrogen-bond acceptors (Lipinski definition) is 2. The van der Waals surface area contributed by atoms with E-state index in [1.165, 1.54) is 5.56 Å². The van der Waals surface area contributed by atoms with Crippen molar-refractivity contribution in [3.63, 3.8) is 0 Å². The van der Waals surface area contributed by atoms with Crippen molar-refractivity contribution in [2.24, 2.45) is 0 Å². The van der Waals surface area contributed by atoms with Crippen LogP contribution in [0.3, 0.4) is 0 Å². The van der Waals surface area contributed by atoms with Crippen LogP contribution in [0.5, 0.6) is 0 Å². The van der Waals surface area contributed by atoms with Gasteiger partial charge in [-0.25, -0.2) is 0 Å². The third kappa shape index (κ3) is 1.57. The molecule has 0 radical (unpaired) electrons. The minimum absolute atomic E-state index is 0.494. The molecule has 0 saturated carbocycles. The molecule has 3 rings (SSSR count). The van der Waals surface area contributed by atoms with Crippen LogP contribution in [0, 0.1) is 16.0 Å². The summed E-state index contributed by atoms with van der Waals surface area (Å²) in [6, 6.07) is 9.78. The smallest absolute Gasteiger partial charge is 0.121 e. The molecule has 0 fully saturated rings.